The zero-order valence-electron chi connectivity index (χ0n) is 8.11. The molecule has 0 bridgehead atoms. The zero-order valence-corrected chi connectivity index (χ0v) is 9.74. The van der Waals surface area contributed by atoms with Gasteiger partial charge in [-0.1, -0.05) is 18.3 Å². The predicted molar refractivity (Wildman–Crippen MR) is 67.7 cm³/mol. The van der Waals surface area contributed by atoms with Crippen LogP contribution in [-0.2, 0) is 0 Å². The van der Waals surface area contributed by atoms with Crippen LogP contribution in [0.3, 0.4) is 0 Å². The van der Waals surface area contributed by atoms with Crippen LogP contribution in [-0.4, -0.2) is 9.97 Å². The molecule has 0 aliphatic heterocycles. The predicted octanol–water partition coefficient (Wildman–Crippen LogP) is 2.66. The van der Waals surface area contributed by atoms with Crippen molar-refractivity contribution in [2.24, 2.45) is 5.73 Å². The zero-order chi connectivity index (χ0) is 11.5. The van der Waals surface area contributed by atoms with Gasteiger partial charge in [0.2, 0.25) is 0 Å². The van der Waals surface area contributed by atoms with Crippen molar-refractivity contribution in [3.8, 4) is 0 Å². The second-order valence-electron chi connectivity index (χ2n) is 3.04. The minimum atomic E-state index is -0.295. The monoisotopic (exact) mass is 253 g/mol. The van der Waals surface area contributed by atoms with Crippen LogP contribution in [0.15, 0.2) is 29.6 Å². The molecule has 1 aromatic carbocycles. The Morgan fingerprint density at radius 2 is 2.31 bits per heavy atom. The summed E-state index contributed by atoms with van der Waals surface area (Å²) < 4.78 is 12.9. The number of rotatable bonds is 3. The summed E-state index contributed by atoms with van der Waals surface area (Å²) >= 11 is 6.16. The molecule has 6 heteroatoms. The first-order valence-electron chi connectivity index (χ1n) is 4.43. The number of hydrogen-bond acceptors (Lipinski definition) is 4. The van der Waals surface area contributed by atoms with Crippen LogP contribution in [0.25, 0.3) is 0 Å². The Hall–Kier alpha value is -1.53. The fourth-order valence-electron chi connectivity index (χ4n) is 1.13. The molecule has 0 saturated heterocycles. The summed E-state index contributed by atoms with van der Waals surface area (Å²) in [5, 5.41) is 5.36. The highest BCUT2D eigenvalue weighted by atomic mass is 32.1. The van der Waals surface area contributed by atoms with Gasteiger partial charge in [-0.2, -0.15) is 0 Å². The second-order valence-corrected chi connectivity index (χ2v) is 4.34. The van der Waals surface area contributed by atoms with Crippen LogP contribution in [0.1, 0.15) is 5.69 Å². The summed E-state index contributed by atoms with van der Waals surface area (Å²) in [6.07, 6.45) is 0. The summed E-state index contributed by atoms with van der Waals surface area (Å²) in [6.45, 7) is 0. The molecule has 16 heavy (non-hydrogen) atoms. The number of benzene rings is 1. The van der Waals surface area contributed by atoms with Gasteiger partial charge in [-0.05, 0) is 18.2 Å². The third-order valence-corrected chi connectivity index (χ3v) is 2.80. The van der Waals surface area contributed by atoms with Gasteiger partial charge in [0.1, 0.15) is 16.5 Å². The highest BCUT2D eigenvalue weighted by molar-refractivity contribution is 7.80. The molecule has 0 saturated carbocycles. The van der Waals surface area contributed by atoms with Crippen LogP contribution >= 0.6 is 23.6 Å². The molecule has 82 valence electrons. The maximum absolute atomic E-state index is 12.9. The Morgan fingerprint density at radius 1 is 1.50 bits per heavy atom. The van der Waals surface area contributed by atoms with E-state index in [1.165, 1.54) is 23.5 Å². The first-order chi connectivity index (χ1) is 7.65. The van der Waals surface area contributed by atoms with Gasteiger partial charge in [0.25, 0.3) is 0 Å². The van der Waals surface area contributed by atoms with Crippen molar-refractivity contribution in [1.82, 2.24) is 4.98 Å². The molecule has 0 radical (unpaired) electrons. The van der Waals surface area contributed by atoms with Crippen molar-refractivity contribution >= 4 is 39.4 Å². The SMILES string of the molecule is NC(=S)c1csc(Nc2cccc(F)c2)n1. The Labute approximate surface area is 101 Å². The maximum atomic E-state index is 12.9. The Morgan fingerprint density at radius 3 is 2.94 bits per heavy atom. The molecule has 0 atom stereocenters. The van der Waals surface area contributed by atoms with E-state index in [1.807, 2.05) is 0 Å². The lowest BCUT2D eigenvalue weighted by Crippen LogP contribution is -2.09. The van der Waals surface area contributed by atoms with Gasteiger partial charge in [0, 0.05) is 11.1 Å². The van der Waals surface area contributed by atoms with Crippen LogP contribution < -0.4 is 11.1 Å². The lowest BCUT2D eigenvalue weighted by Gasteiger charge is -2.01. The third kappa shape index (κ3) is 2.53. The molecule has 1 heterocycles. The highest BCUT2D eigenvalue weighted by Crippen LogP contribution is 2.21. The average Bonchev–Trinajstić information content (AvgIpc) is 2.66. The van der Waals surface area contributed by atoms with Gasteiger partial charge < -0.3 is 11.1 Å². The molecule has 0 amide bonds. The first kappa shape index (κ1) is 11.0. The molecular weight excluding hydrogens is 245 g/mol. The van der Waals surface area contributed by atoms with Crippen molar-refractivity contribution in [2.45, 2.75) is 0 Å². The van der Waals surface area contributed by atoms with Gasteiger partial charge in [0.15, 0.2) is 5.13 Å². The van der Waals surface area contributed by atoms with Crippen molar-refractivity contribution < 1.29 is 4.39 Å². The van der Waals surface area contributed by atoms with E-state index in [1.54, 1.807) is 17.5 Å². The maximum Gasteiger partial charge on any atom is 0.187 e. The molecule has 2 aromatic rings. The van der Waals surface area contributed by atoms with Crippen molar-refractivity contribution in [2.75, 3.05) is 5.32 Å². The lowest BCUT2D eigenvalue weighted by molar-refractivity contribution is 0.628. The molecule has 1 aromatic heterocycles. The molecule has 0 aliphatic rings. The van der Waals surface area contributed by atoms with Crippen molar-refractivity contribution in [3.05, 3.63) is 41.2 Å². The standard InChI is InChI=1S/C10H8FN3S2/c11-6-2-1-3-7(4-6)13-10-14-8(5-16-10)9(12)15/h1-5H,(H2,12,15)(H,13,14). The summed E-state index contributed by atoms with van der Waals surface area (Å²) in [4.78, 5) is 4.41. The van der Waals surface area contributed by atoms with Gasteiger partial charge in [-0.15, -0.1) is 11.3 Å². The molecule has 0 unspecified atom stereocenters. The molecular formula is C10H8FN3S2. The molecule has 2 rings (SSSR count). The number of anilines is 2. The average molecular weight is 253 g/mol. The van der Waals surface area contributed by atoms with Crippen LogP contribution in [0.4, 0.5) is 15.2 Å². The smallest absolute Gasteiger partial charge is 0.187 e. The number of aromatic nitrogens is 1. The lowest BCUT2D eigenvalue weighted by atomic mass is 10.3. The van der Waals surface area contributed by atoms with Crippen molar-refractivity contribution in [3.63, 3.8) is 0 Å². The number of thiazole rings is 1. The van der Waals surface area contributed by atoms with E-state index in [0.717, 1.165) is 0 Å². The molecule has 3 nitrogen and oxygen atoms in total. The van der Waals surface area contributed by atoms with E-state index in [4.69, 9.17) is 18.0 Å². The van der Waals surface area contributed by atoms with Crippen molar-refractivity contribution in [1.29, 1.82) is 0 Å². The Balaban J connectivity index is 2.17. The summed E-state index contributed by atoms with van der Waals surface area (Å²) in [7, 11) is 0. The van der Waals surface area contributed by atoms with Crippen LogP contribution in [0.2, 0.25) is 0 Å². The van der Waals surface area contributed by atoms with Gasteiger partial charge in [0.05, 0.1) is 0 Å². The summed E-state index contributed by atoms with van der Waals surface area (Å²) in [5.74, 6) is -0.295. The summed E-state index contributed by atoms with van der Waals surface area (Å²) in [6, 6.07) is 6.15. The fourth-order valence-corrected chi connectivity index (χ4v) is 2.04. The highest BCUT2D eigenvalue weighted by Gasteiger charge is 2.04. The van der Waals surface area contributed by atoms with Gasteiger partial charge >= 0.3 is 0 Å². The number of nitrogens with two attached hydrogens (primary N) is 1. The third-order valence-electron chi connectivity index (χ3n) is 1.83. The Kier molecular flexibility index (Phi) is 3.12. The minimum absolute atomic E-state index is 0.253. The summed E-state index contributed by atoms with van der Waals surface area (Å²) in [5.41, 5.74) is 6.64. The number of nitrogens with zero attached hydrogens (tertiary/aromatic N) is 1. The quantitative estimate of drug-likeness (QED) is 0.826. The first-order valence-corrected chi connectivity index (χ1v) is 5.72. The van der Waals surface area contributed by atoms with Gasteiger partial charge in [-0.3, -0.25) is 0 Å². The number of thiocarbonyl (C=S) groups is 1. The minimum Gasteiger partial charge on any atom is -0.388 e. The van der Waals surface area contributed by atoms with Crippen LogP contribution in [0, 0.1) is 5.82 Å². The van der Waals surface area contributed by atoms with Gasteiger partial charge in [-0.25, -0.2) is 9.37 Å². The van der Waals surface area contributed by atoms with E-state index in [2.05, 4.69) is 10.3 Å². The van der Waals surface area contributed by atoms with Crippen LogP contribution in [0.5, 0.6) is 0 Å². The van der Waals surface area contributed by atoms with E-state index in [0.29, 0.717) is 16.5 Å². The number of halogens is 1. The number of hydrogen-bond donors (Lipinski definition) is 2. The molecule has 0 fully saturated rings. The molecule has 0 aliphatic carbocycles. The number of nitrogens with one attached hydrogen (secondary N) is 1. The fraction of sp³-hybridized carbons (Fsp3) is 0. The Bertz CT molecular complexity index is 524. The van der Waals surface area contributed by atoms with E-state index in [-0.39, 0.29) is 10.8 Å². The molecule has 0 spiro atoms. The van der Waals surface area contributed by atoms with E-state index < -0.39 is 0 Å². The van der Waals surface area contributed by atoms with E-state index in [9.17, 15) is 4.39 Å². The molecule has 3 N–H and O–H groups in total. The second kappa shape index (κ2) is 4.54. The topological polar surface area (TPSA) is 50.9 Å². The van der Waals surface area contributed by atoms with E-state index >= 15 is 0 Å². The normalized spacial score (nSPS) is 10.1. The largest absolute Gasteiger partial charge is 0.388 e.